The van der Waals surface area contributed by atoms with Crippen LogP contribution in [0, 0.1) is 0 Å². The minimum absolute atomic E-state index is 0.0887. The molecule has 180 valence electrons. The Morgan fingerprint density at radius 3 is 2.15 bits per heavy atom. The fourth-order valence-corrected chi connectivity index (χ4v) is 4.20. The molecule has 1 aromatic heterocycles. The molecule has 1 aliphatic rings. The predicted octanol–water partition coefficient (Wildman–Crippen LogP) is 3.52. The molecule has 1 fully saturated rings. The molecule has 33 heavy (non-hydrogen) atoms. The Labute approximate surface area is 194 Å². The van der Waals surface area contributed by atoms with Crippen LogP contribution in [0.15, 0.2) is 18.2 Å². The fraction of sp³-hybridized carbons (Fsp3) is 0.542. The first-order chi connectivity index (χ1) is 16.0. The van der Waals surface area contributed by atoms with Crippen molar-refractivity contribution >= 4 is 11.9 Å². The van der Waals surface area contributed by atoms with Crippen LogP contribution < -0.4 is 14.2 Å². The first-order valence-electron chi connectivity index (χ1n) is 11.3. The predicted molar refractivity (Wildman–Crippen MR) is 122 cm³/mol. The van der Waals surface area contributed by atoms with Crippen molar-refractivity contribution in [2.45, 2.75) is 45.6 Å². The lowest BCUT2D eigenvalue weighted by Gasteiger charge is -2.33. The first kappa shape index (κ1) is 24.4. The van der Waals surface area contributed by atoms with Gasteiger partial charge in [-0.3, -0.25) is 9.48 Å². The molecule has 0 N–H and O–H groups in total. The standard InChI is InChI=1S/C24H33N3O6/c1-6-8-18-15-19(24(29)33-7-2)25-27(18)17-9-11-26(12-10-17)23(28)16-13-20(30-3)22(32-5)21(14-16)31-4/h13-15,17H,6-12H2,1-5H3. The number of likely N-dealkylation sites (tertiary alicyclic amines) is 1. The third-order valence-electron chi connectivity index (χ3n) is 5.81. The van der Waals surface area contributed by atoms with E-state index in [9.17, 15) is 9.59 Å². The highest BCUT2D eigenvalue weighted by Crippen LogP contribution is 2.38. The maximum absolute atomic E-state index is 13.2. The number of aryl methyl sites for hydroxylation is 1. The zero-order valence-corrected chi connectivity index (χ0v) is 20.1. The Morgan fingerprint density at radius 2 is 1.64 bits per heavy atom. The number of rotatable bonds is 9. The number of hydrogen-bond acceptors (Lipinski definition) is 7. The summed E-state index contributed by atoms with van der Waals surface area (Å²) in [6.45, 7) is 5.36. The van der Waals surface area contributed by atoms with Crippen LogP contribution in [0.4, 0.5) is 0 Å². The van der Waals surface area contributed by atoms with Gasteiger partial charge in [-0.15, -0.1) is 0 Å². The van der Waals surface area contributed by atoms with Crippen molar-refractivity contribution in [3.8, 4) is 17.2 Å². The Morgan fingerprint density at radius 1 is 1.00 bits per heavy atom. The summed E-state index contributed by atoms with van der Waals surface area (Å²) in [6, 6.07) is 5.30. The summed E-state index contributed by atoms with van der Waals surface area (Å²) in [4.78, 5) is 27.2. The summed E-state index contributed by atoms with van der Waals surface area (Å²) in [5.74, 6) is 0.859. The highest BCUT2D eigenvalue weighted by molar-refractivity contribution is 5.95. The van der Waals surface area contributed by atoms with Gasteiger partial charge in [-0.1, -0.05) is 13.3 Å². The van der Waals surface area contributed by atoms with Gasteiger partial charge in [0.15, 0.2) is 17.2 Å². The maximum atomic E-state index is 13.2. The Kier molecular flexibility index (Phi) is 8.19. The van der Waals surface area contributed by atoms with Crippen molar-refractivity contribution in [1.29, 1.82) is 0 Å². The number of benzene rings is 1. The van der Waals surface area contributed by atoms with Gasteiger partial charge in [0.2, 0.25) is 5.75 Å². The van der Waals surface area contributed by atoms with Gasteiger partial charge >= 0.3 is 5.97 Å². The van der Waals surface area contributed by atoms with Crippen LogP contribution in [-0.4, -0.2) is 67.6 Å². The number of aromatic nitrogens is 2. The van der Waals surface area contributed by atoms with Gasteiger partial charge in [0.05, 0.1) is 34.0 Å². The van der Waals surface area contributed by atoms with Crippen molar-refractivity contribution in [2.24, 2.45) is 0 Å². The van der Waals surface area contributed by atoms with Gasteiger partial charge in [-0.2, -0.15) is 5.10 Å². The van der Waals surface area contributed by atoms with Crippen molar-refractivity contribution < 1.29 is 28.5 Å². The van der Waals surface area contributed by atoms with Gasteiger partial charge in [0.25, 0.3) is 5.91 Å². The van der Waals surface area contributed by atoms with Crippen LogP contribution in [0.1, 0.15) is 65.7 Å². The van der Waals surface area contributed by atoms with E-state index in [-0.39, 0.29) is 11.9 Å². The molecule has 0 bridgehead atoms. The summed E-state index contributed by atoms with van der Waals surface area (Å²) in [5.41, 5.74) is 1.85. The molecule has 3 rings (SSSR count). The van der Waals surface area contributed by atoms with E-state index in [4.69, 9.17) is 18.9 Å². The lowest BCUT2D eigenvalue weighted by molar-refractivity contribution is 0.0517. The molecular formula is C24H33N3O6. The SMILES string of the molecule is CCCc1cc(C(=O)OCC)nn1C1CCN(C(=O)c2cc(OC)c(OC)c(OC)c2)CC1. The van der Waals surface area contributed by atoms with E-state index in [1.54, 1.807) is 19.1 Å². The maximum Gasteiger partial charge on any atom is 0.358 e. The number of methoxy groups -OCH3 is 3. The zero-order valence-electron chi connectivity index (χ0n) is 20.1. The van der Waals surface area contributed by atoms with Gasteiger partial charge in [-0.25, -0.2) is 4.79 Å². The van der Waals surface area contributed by atoms with Gasteiger partial charge in [0.1, 0.15) is 0 Å². The van der Waals surface area contributed by atoms with Crippen LogP contribution in [-0.2, 0) is 11.2 Å². The normalized spacial score (nSPS) is 14.2. The highest BCUT2D eigenvalue weighted by Gasteiger charge is 2.28. The van der Waals surface area contributed by atoms with E-state index < -0.39 is 5.97 Å². The third kappa shape index (κ3) is 5.23. The molecular weight excluding hydrogens is 426 g/mol. The van der Waals surface area contributed by atoms with Crippen molar-refractivity contribution in [3.63, 3.8) is 0 Å². The van der Waals surface area contributed by atoms with Crippen LogP contribution in [0.2, 0.25) is 0 Å². The third-order valence-corrected chi connectivity index (χ3v) is 5.81. The smallest absolute Gasteiger partial charge is 0.358 e. The van der Waals surface area contributed by atoms with Crippen molar-refractivity contribution in [3.05, 3.63) is 35.2 Å². The minimum Gasteiger partial charge on any atom is -0.493 e. The van der Waals surface area contributed by atoms with Gasteiger partial charge < -0.3 is 23.8 Å². The fourth-order valence-electron chi connectivity index (χ4n) is 4.20. The van der Waals surface area contributed by atoms with Gasteiger partial charge in [-0.05, 0) is 44.4 Å². The monoisotopic (exact) mass is 459 g/mol. The molecule has 0 aliphatic carbocycles. The highest BCUT2D eigenvalue weighted by atomic mass is 16.5. The van der Waals surface area contributed by atoms with E-state index in [2.05, 4.69) is 12.0 Å². The Bertz CT molecular complexity index is 954. The molecule has 0 spiro atoms. The van der Waals surface area contributed by atoms with Crippen molar-refractivity contribution in [2.75, 3.05) is 41.0 Å². The van der Waals surface area contributed by atoms with E-state index >= 15 is 0 Å². The van der Waals surface area contributed by atoms with Crippen LogP contribution in [0.25, 0.3) is 0 Å². The molecule has 1 aliphatic heterocycles. The quantitative estimate of drug-likeness (QED) is 0.530. The van der Waals surface area contributed by atoms with E-state index in [1.807, 2.05) is 15.6 Å². The van der Waals surface area contributed by atoms with Crippen LogP contribution in [0.3, 0.4) is 0 Å². The van der Waals surface area contributed by atoms with E-state index in [0.717, 1.165) is 31.4 Å². The number of hydrogen-bond donors (Lipinski definition) is 0. The van der Waals surface area contributed by atoms with Crippen LogP contribution in [0.5, 0.6) is 17.2 Å². The first-order valence-corrected chi connectivity index (χ1v) is 11.3. The van der Waals surface area contributed by atoms with E-state index in [1.165, 1.54) is 21.3 Å². The van der Waals surface area contributed by atoms with Crippen molar-refractivity contribution in [1.82, 2.24) is 14.7 Å². The molecule has 1 saturated heterocycles. The number of ether oxygens (including phenoxy) is 4. The molecule has 1 amide bonds. The van der Waals surface area contributed by atoms with Crippen LogP contribution >= 0.6 is 0 Å². The second-order valence-electron chi connectivity index (χ2n) is 7.87. The summed E-state index contributed by atoms with van der Waals surface area (Å²) < 4.78 is 23.2. The topological polar surface area (TPSA) is 92.1 Å². The lowest BCUT2D eigenvalue weighted by Crippen LogP contribution is -2.39. The Balaban J connectivity index is 1.75. The summed E-state index contributed by atoms with van der Waals surface area (Å²) in [6.07, 6.45) is 3.27. The molecule has 1 aromatic carbocycles. The summed E-state index contributed by atoms with van der Waals surface area (Å²) in [5, 5.41) is 4.56. The average Bonchev–Trinajstić information content (AvgIpc) is 3.27. The molecule has 9 heteroatoms. The van der Waals surface area contributed by atoms with E-state index in [0.29, 0.717) is 48.2 Å². The largest absolute Gasteiger partial charge is 0.493 e. The second kappa shape index (κ2) is 11.1. The zero-order chi connectivity index (χ0) is 24.0. The molecule has 0 atom stereocenters. The molecule has 9 nitrogen and oxygen atoms in total. The molecule has 0 saturated carbocycles. The molecule has 0 unspecified atom stereocenters. The minimum atomic E-state index is -0.399. The number of carbonyl (C=O) groups excluding carboxylic acids is 2. The summed E-state index contributed by atoms with van der Waals surface area (Å²) >= 11 is 0. The van der Waals surface area contributed by atoms with Gasteiger partial charge in [0, 0.05) is 24.3 Å². The number of nitrogens with zero attached hydrogens (tertiary/aromatic N) is 3. The second-order valence-corrected chi connectivity index (χ2v) is 7.87. The molecule has 2 heterocycles. The lowest BCUT2D eigenvalue weighted by atomic mass is 10.0. The molecule has 0 radical (unpaired) electrons. The number of esters is 1. The number of amides is 1. The number of carbonyl (C=O) groups is 2. The molecule has 2 aromatic rings. The Hall–Kier alpha value is -3.23. The average molecular weight is 460 g/mol. The summed E-state index contributed by atoms with van der Waals surface area (Å²) in [7, 11) is 4.58. The number of piperidine rings is 1.